The van der Waals surface area contributed by atoms with Gasteiger partial charge in [0.05, 0.1) is 23.5 Å². The highest BCUT2D eigenvalue weighted by atomic mass is 79.9. The number of hydrogen-bond donors (Lipinski definition) is 0. The molecule has 2 aromatic heterocycles. The summed E-state index contributed by atoms with van der Waals surface area (Å²) in [5, 5.41) is 20.1. The first-order chi connectivity index (χ1) is 20.9. The normalized spacial score (nSPS) is 10.1. The summed E-state index contributed by atoms with van der Waals surface area (Å²) >= 11 is 10.0. The maximum atomic E-state index is 4.36. The second kappa shape index (κ2) is 25.6. The van der Waals surface area contributed by atoms with Crippen LogP contribution in [0.2, 0.25) is 0 Å². The molecular formula is C33H44Br4N8. The molecule has 0 spiro atoms. The molecule has 0 saturated heterocycles. The Kier molecular flexibility index (Phi) is 24.2. The molecule has 12 heteroatoms. The second-order valence-electron chi connectivity index (χ2n) is 9.44. The Balaban J connectivity index is 0.000000730. The first kappa shape index (κ1) is 42.5. The summed E-state index contributed by atoms with van der Waals surface area (Å²) in [6.45, 7) is 0.931. The fourth-order valence-corrected chi connectivity index (χ4v) is 4.86. The lowest BCUT2D eigenvalue weighted by molar-refractivity contribution is -0.684. The third-order valence-electron chi connectivity index (χ3n) is 5.63. The minimum absolute atomic E-state index is 0. The van der Waals surface area contributed by atoms with Gasteiger partial charge in [0.2, 0.25) is 0 Å². The molecule has 0 aliphatic carbocycles. The lowest BCUT2D eigenvalue weighted by Gasteiger charge is -2.11. The molecule has 0 saturated carbocycles. The zero-order valence-corrected chi connectivity index (χ0v) is 31.9. The van der Waals surface area contributed by atoms with Crippen LogP contribution in [0.1, 0.15) is 20.3 Å². The molecule has 45 heavy (non-hydrogen) atoms. The van der Waals surface area contributed by atoms with Gasteiger partial charge in [0.25, 0.3) is 0 Å². The van der Waals surface area contributed by atoms with E-state index < -0.39 is 0 Å². The van der Waals surface area contributed by atoms with Crippen molar-refractivity contribution in [2.24, 2.45) is 20.5 Å². The maximum absolute atomic E-state index is 4.36. The van der Waals surface area contributed by atoms with Gasteiger partial charge in [-0.1, -0.05) is 67.3 Å². The van der Waals surface area contributed by atoms with Crippen LogP contribution in [-0.4, -0.2) is 49.2 Å². The fourth-order valence-electron chi connectivity index (χ4n) is 3.29. The molecule has 0 N–H and O–H groups in total. The van der Waals surface area contributed by atoms with Crippen LogP contribution in [0.4, 0.5) is 34.4 Å². The molecule has 4 rings (SSSR count). The Morgan fingerprint density at radius 3 is 1.58 bits per heavy atom. The predicted octanol–water partition coefficient (Wildman–Crippen LogP) is 7.61. The van der Waals surface area contributed by atoms with Crippen molar-refractivity contribution >= 4 is 82.2 Å². The van der Waals surface area contributed by atoms with E-state index in [1.165, 1.54) is 6.42 Å². The van der Waals surface area contributed by atoms with Gasteiger partial charge in [-0.25, -0.2) is 9.55 Å². The molecule has 0 radical (unpaired) electrons. The highest BCUT2D eigenvalue weighted by Crippen LogP contribution is 2.21. The minimum Gasteiger partial charge on any atom is -1.00 e. The van der Waals surface area contributed by atoms with E-state index in [0.29, 0.717) is 5.82 Å². The molecule has 4 aromatic rings. The van der Waals surface area contributed by atoms with E-state index in [2.05, 4.69) is 82.7 Å². The van der Waals surface area contributed by atoms with Crippen molar-refractivity contribution in [1.29, 1.82) is 0 Å². The fraction of sp³-hybridized carbons (Fsp3) is 0.333. The maximum Gasteiger partial charge on any atom is 0.350 e. The number of benzene rings is 2. The molecule has 0 aliphatic rings. The first-order valence-corrected chi connectivity index (χ1v) is 17.2. The summed E-state index contributed by atoms with van der Waals surface area (Å²) in [5.41, 5.74) is 3.97. The predicted molar refractivity (Wildman–Crippen MR) is 198 cm³/mol. The third-order valence-corrected chi connectivity index (χ3v) is 7.32. The number of pyridine rings is 2. The smallest absolute Gasteiger partial charge is 0.350 e. The summed E-state index contributed by atoms with van der Waals surface area (Å²) in [5.74, 6) is 1.49. The van der Waals surface area contributed by atoms with Gasteiger partial charge >= 0.3 is 5.82 Å². The molecule has 0 amide bonds. The number of alkyl halides is 3. The number of aryl methyl sites for hydroxylation is 1. The molecule has 0 atom stereocenters. The van der Waals surface area contributed by atoms with Crippen LogP contribution < -0.4 is 31.3 Å². The van der Waals surface area contributed by atoms with Crippen molar-refractivity contribution in [2.45, 2.75) is 26.8 Å². The van der Waals surface area contributed by atoms with Gasteiger partial charge in [0, 0.05) is 67.8 Å². The zero-order valence-electron chi connectivity index (χ0n) is 25.6. The van der Waals surface area contributed by atoms with E-state index in [1.54, 1.807) is 6.20 Å². The van der Waals surface area contributed by atoms with E-state index in [0.717, 1.165) is 57.5 Å². The summed E-state index contributed by atoms with van der Waals surface area (Å²) in [7, 11) is 8.05. The number of azo groups is 2. The molecule has 0 fully saturated rings. The van der Waals surface area contributed by atoms with Crippen LogP contribution in [0.25, 0.3) is 0 Å². The van der Waals surface area contributed by atoms with E-state index in [1.807, 2.05) is 124 Å². The van der Waals surface area contributed by atoms with Crippen LogP contribution in [0.3, 0.4) is 0 Å². The summed E-state index contributed by atoms with van der Waals surface area (Å²) in [6.07, 6.45) is 6.02. The number of aromatic nitrogens is 2. The van der Waals surface area contributed by atoms with Crippen molar-refractivity contribution in [3.8, 4) is 0 Å². The molecule has 244 valence electrons. The second-order valence-corrected chi connectivity index (χ2v) is 11.8. The molecular weight excluding hydrogens is 828 g/mol. The number of anilines is 2. The Hall–Kier alpha value is -2.54. The van der Waals surface area contributed by atoms with Gasteiger partial charge in [-0.15, -0.1) is 10.2 Å². The van der Waals surface area contributed by atoms with Gasteiger partial charge in [-0.2, -0.15) is 0 Å². The van der Waals surface area contributed by atoms with Crippen molar-refractivity contribution in [2.75, 3.05) is 54.0 Å². The van der Waals surface area contributed by atoms with Crippen molar-refractivity contribution < 1.29 is 21.5 Å². The SMILES string of the molecule is BrCCCBr.C.CN(C)c1ccc(N=Nc2cccc[n+]2CCCBr)cc1.CN(C)c1ccc(N=Nc2ccccn2)cc1.[Br-]. The highest BCUT2D eigenvalue weighted by molar-refractivity contribution is 9.09. The minimum atomic E-state index is 0. The largest absolute Gasteiger partial charge is 1.00 e. The number of hydrogen-bond acceptors (Lipinski definition) is 7. The topological polar surface area (TPSA) is 72.7 Å². The Morgan fingerprint density at radius 1 is 0.622 bits per heavy atom. The zero-order chi connectivity index (χ0) is 31.3. The van der Waals surface area contributed by atoms with E-state index in [4.69, 9.17) is 0 Å². The average molecular weight is 872 g/mol. The van der Waals surface area contributed by atoms with Gasteiger partial charge in [0.15, 0.2) is 5.82 Å². The molecule has 0 bridgehead atoms. The Labute approximate surface area is 305 Å². The van der Waals surface area contributed by atoms with E-state index >= 15 is 0 Å². The molecule has 0 aliphatic heterocycles. The number of halogens is 4. The molecule has 2 heterocycles. The number of rotatable bonds is 11. The summed E-state index contributed by atoms with van der Waals surface area (Å²) in [4.78, 5) is 8.17. The summed E-state index contributed by atoms with van der Waals surface area (Å²) in [6, 6.07) is 27.4. The van der Waals surface area contributed by atoms with E-state index in [-0.39, 0.29) is 24.4 Å². The van der Waals surface area contributed by atoms with Crippen LogP contribution in [-0.2, 0) is 6.54 Å². The Bertz CT molecular complexity index is 1350. The van der Waals surface area contributed by atoms with Gasteiger partial charge in [-0.05, 0) is 84.7 Å². The Morgan fingerprint density at radius 2 is 1.13 bits per heavy atom. The molecule has 8 nitrogen and oxygen atoms in total. The van der Waals surface area contributed by atoms with Crippen molar-refractivity contribution in [3.05, 3.63) is 97.3 Å². The number of nitrogens with zero attached hydrogens (tertiary/aromatic N) is 8. The standard InChI is InChI=1S/C16H20BrN4.C13H14N4.C3H6Br2.CH4.BrH/c1-20(2)15-9-7-14(8-10-15)18-19-16-6-3-4-12-21(16)13-5-11-17;1-17(2)12-8-6-11(7-9-12)15-16-13-5-3-4-10-14-13;4-2-1-3-5;;/h3-4,6-10,12H,5,11,13H2,1-2H3;3-10H,1-2H3;1-3H2;1H4;1H/q+1;;;;/p-1. The summed E-state index contributed by atoms with van der Waals surface area (Å²) < 4.78 is 2.11. The lowest BCUT2D eigenvalue weighted by atomic mass is 10.3. The van der Waals surface area contributed by atoms with Crippen molar-refractivity contribution in [3.63, 3.8) is 0 Å². The monoisotopic (exact) mass is 868 g/mol. The van der Waals surface area contributed by atoms with Crippen LogP contribution >= 0.6 is 47.8 Å². The van der Waals surface area contributed by atoms with E-state index in [9.17, 15) is 0 Å². The van der Waals surface area contributed by atoms with Crippen LogP contribution in [0, 0.1) is 0 Å². The molecule has 0 unspecified atom stereocenters. The lowest BCUT2D eigenvalue weighted by Crippen LogP contribution is -3.00. The van der Waals surface area contributed by atoms with Gasteiger partial charge in [-0.3, -0.25) is 0 Å². The van der Waals surface area contributed by atoms with Gasteiger partial charge < -0.3 is 26.8 Å². The average Bonchev–Trinajstić information content (AvgIpc) is 3.04. The quantitative estimate of drug-likeness (QED) is 0.0886. The van der Waals surface area contributed by atoms with Crippen LogP contribution in [0.5, 0.6) is 0 Å². The van der Waals surface area contributed by atoms with Gasteiger partial charge in [0.1, 0.15) is 5.69 Å². The van der Waals surface area contributed by atoms with Crippen molar-refractivity contribution in [1.82, 2.24) is 4.98 Å². The molecule has 2 aromatic carbocycles. The van der Waals surface area contributed by atoms with Crippen LogP contribution in [0.15, 0.2) is 118 Å². The highest BCUT2D eigenvalue weighted by Gasteiger charge is 2.08. The first-order valence-electron chi connectivity index (χ1n) is 13.8. The third kappa shape index (κ3) is 17.7.